The Balaban J connectivity index is 0.000000452. The fourth-order valence-electron chi connectivity index (χ4n) is 10.3. The fourth-order valence-corrected chi connectivity index (χ4v) is 10.9. The Morgan fingerprint density at radius 1 is 0.431 bits per heavy atom. The lowest BCUT2D eigenvalue weighted by Crippen LogP contribution is -1.92. The number of halogens is 1. The van der Waals surface area contributed by atoms with Crippen LogP contribution < -0.4 is 14.2 Å². The summed E-state index contributed by atoms with van der Waals surface area (Å²) in [6.45, 7) is 24.5. The van der Waals surface area contributed by atoms with Gasteiger partial charge >= 0.3 is 5.69 Å². The third-order valence-electron chi connectivity index (χ3n) is 16.9. The molecular formula is C103H117FN4O13S2. The number of hydrogen-bond acceptors (Lipinski definition) is 16. The van der Waals surface area contributed by atoms with Crippen molar-refractivity contribution in [2.45, 2.75) is 99.5 Å². The average molecular weight is 1700 g/mol. The third kappa shape index (κ3) is 43.6. The predicted molar refractivity (Wildman–Crippen MR) is 511 cm³/mol. The number of benzene rings is 15. The number of methoxy groups -OCH3 is 1. The summed E-state index contributed by atoms with van der Waals surface area (Å²) >= 11 is 5.91. The number of thioether (sulfide) groups is 1. The van der Waals surface area contributed by atoms with Crippen LogP contribution in [0.15, 0.2) is 336 Å². The Hall–Kier alpha value is -13.1. The molecule has 1 heterocycles. The number of nitro groups is 1. The summed E-state index contributed by atoms with van der Waals surface area (Å²) < 4.78 is 27.5. The molecule has 123 heavy (non-hydrogen) atoms. The van der Waals surface area contributed by atoms with Gasteiger partial charge in [-0.3, -0.25) is 10.1 Å². The molecule has 20 heteroatoms. The van der Waals surface area contributed by atoms with Gasteiger partial charge in [0.15, 0.2) is 40.3 Å². The molecule has 0 saturated heterocycles. The second-order valence-corrected chi connectivity index (χ2v) is 28.5. The van der Waals surface area contributed by atoms with Crippen LogP contribution in [0, 0.1) is 99.0 Å². The van der Waals surface area contributed by atoms with Crippen molar-refractivity contribution in [1.82, 2.24) is 0 Å². The molecule has 0 atom stereocenters. The number of fused-ring (bicyclic) bond motifs is 4. The molecule has 0 saturated carbocycles. The van der Waals surface area contributed by atoms with Gasteiger partial charge in [-0.2, -0.15) is 0 Å². The number of nitro benzene ring substituents is 1. The summed E-state index contributed by atoms with van der Waals surface area (Å²) in [5.74, 6) is 1.62. The summed E-state index contributed by atoms with van der Waals surface area (Å²) in [4.78, 5) is 14.6. The molecule has 0 bridgehead atoms. The van der Waals surface area contributed by atoms with Crippen molar-refractivity contribution in [2.24, 2.45) is 5.11 Å². The van der Waals surface area contributed by atoms with Crippen molar-refractivity contribution in [3.63, 3.8) is 0 Å². The van der Waals surface area contributed by atoms with Crippen LogP contribution in [-0.4, -0.2) is 87.3 Å². The van der Waals surface area contributed by atoms with Crippen molar-refractivity contribution in [2.75, 3.05) is 41.5 Å². The molecular weight excluding hydrogens is 1580 g/mol. The highest BCUT2D eigenvalue weighted by Crippen LogP contribution is 2.32. The maximum absolute atomic E-state index is 12.3. The topological polar surface area (TPSA) is 281 Å². The zero-order chi connectivity index (χ0) is 91.6. The number of ether oxygens (including phenoxy) is 3. The SMILES string of the molecule is CO.CO.CO.COc1cc(C)ccc1O.CSc1ccc(C)cc1.Cc1ccc(CO)cc1.Cc1ccc(N=[N+]=[N-])cc1.Cc1ccc(O)c(F)c1.Cc1ccc(O)c([N+](=O)[O-])c1.Cc1ccc(O)cc1.Cc1ccc(S)cc1.Cc1ccc2c(c1)OCO2.Cc1ccc2ccccc2c1.Cc1ccc2ccccc2c1.Cc1cccc2ccccc12. The molecule has 17 nitrogen and oxygen atoms in total. The summed E-state index contributed by atoms with van der Waals surface area (Å²) in [6.07, 6.45) is 2.09. The highest BCUT2D eigenvalue weighted by Gasteiger charge is 2.13. The van der Waals surface area contributed by atoms with E-state index in [1.54, 1.807) is 74.1 Å². The molecule has 1 aliphatic heterocycles. The Morgan fingerprint density at radius 3 is 1.24 bits per heavy atom. The number of hydrogen-bond donors (Lipinski definition) is 9. The molecule has 16 rings (SSSR count). The number of aliphatic hydroxyl groups excluding tert-OH is 4. The van der Waals surface area contributed by atoms with E-state index < -0.39 is 10.7 Å². The maximum Gasteiger partial charge on any atom is 0.310 e. The molecule has 646 valence electrons. The standard InChI is InChI=1S/3C11H10.C8H8O2.C8H10O2.C8H10O.C8H10S.C7H7FO.C7H7N3.C7H7NO3.C7H8O.C7H8S.3CH4O/c1-9-5-4-7-10-6-2-3-8-11(9)10;2*1-9-6-7-10-4-2-3-5-11(10)8-9;1-6-2-3-7-8(4-6)10-5-9-7;1-6-3-4-7(9)8(5-6)10-2;1-7-2-4-8(6-9)5-3-7;1-7-3-5-8(9-2)6-4-7;1-5-2-3-7(9)6(8)4-5;1-6-2-4-7(5-3-6)9-10-8;1-5-2-3-7(9)6(4-5)8(10)11;2*1-6-2-4-7(8)5-3-6;3*1-2/h3*2-8H,1H3;2-4H,5H2,1H3;3-5,9H,1-2H3;2-5,9H,6H2,1H3;3-6H,1-2H3;2-4,9H,1H3;2-5H,1H3;2-4,9H,1H3;2*2-5,8H,1H3;3*2H,1H3. The van der Waals surface area contributed by atoms with Crippen LogP contribution in [0.3, 0.4) is 0 Å². The van der Waals surface area contributed by atoms with E-state index in [0.717, 1.165) is 65.5 Å². The van der Waals surface area contributed by atoms with Crippen LogP contribution in [0.1, 0.15) is 72.3 Å². The van der Waals surface area contributed by atoms with Crippen molar-refractivity contribution in [3.8, 4) is 40.2 Å². The normalized spacial score (nSPS) is 9.62. The number of phenols is 4. The average Bonchev–Trinajstić information content (AvgIpc) is 1.86. The van der Waals surface area contributed by atoms with Crippen molar-refractivity contribution in [3.05, 3.63) is 420 Å². The zero-order valence-corrected chi connectivity index (χ0v) is 74.9. The molecule has 0 aromatic heterocycles. The van der Waals surface area contributed by atoms with E-state index in [1.165, 1.54) is 113 Å². The van der Waals surface area contributed by atoms with E-state index in [2.05, 4.69) is 215 Å². The van der Waals surface area contributed by atoms with E-state index in [-0.39, 0.29) is 29.5 Å². The number of nitrogens with zero attached hydrogens (tertiary/aromatic N) is 4. The van der Waals surface area contributed by atoms with Crippen LogP contribution in [0.4, 0.5) is 15.8 Å². The number of azide groups is 1. The number of thiol groups is 1. The first kappa shape index (κ1) is 106. The largest absolute Gasteiger partial charge is 0.508 e. The Labute approximate surface area is 734 Å². The van der Waals surface area contributed by atoms with Gasteiger partial charge in [0, 0.05) is 47.8 Å². The number of aliphatic hydroxyl groups is 4. The fraction of sp³-hybridized carbons (Fsp3) is 0.184. The summed E-state index contributed by atoms with van der Waals surface area (Å²) in [7, 11) is 4.54. The van der Waals surface area contributed by atoms with Crippen LogP contribution in [-0.2, 0) is 6.61 Å². The molecule has 1 aliphatic rings. The van der Waals surface area contributed by atoms with Gasteiger partial charge in [0.2, 0.25) is 6.79 Å². The monoisotopic (exact) mass is 1700 g/mol. The molecule has 0 amide bonds. The van der Waals surface area contributed by atoms with E-state index in [0.29, 0.717) is 24.0 Å². The first-order valence-electron chi connectivity index (χ1n) is 38.8. The first-order valence-corrected chi connectivity index (χ1v) is 40.4. The van der Waals surface area contributed by atoms with Gasteiger partial charge in [0.25, 0.3) is 0 Å². The van der Waals surface area contributed by atoms with Crippen LogP contribution in [0.2, 0.25) is 0 Å². The smallest absolute Gasteiger partial charge is 0.310 e. The van der Waals surface area contributed by atoms with Gasteiger partial charge in [-0.25, -0.2) is 4.39 Å². The molecule has 0 radical (unpaired) electrons. The van der Waals surface area contributed by atoms with Crippen molar-refractivity contribution in [1.29, 1.82) is 0 Å². The number of aromatic hydroxyl groups is 4. The van der Waals surface area contributed by atoms with Gasteiger partial charge in [0.05, 0.1) is 18.6 Å². The molecule has 0 aliphatic carbocycles. The second-order valence-electron chi connectivity index (χ2n) is 27.1. The van der Waals surface area contributed by atoms with E-state index in [1.807, 2.05) is 132 Å². The lowest BCUT2D eigenvalue weighted by atomic mass is 10.1. The lowest BCUT2D eigenvalue weighted by Gasteiger charge is -2.02. The highest BCUT2D eigenvalue weighted by atomic mass is 32.2. The van der Waals surface area contributed by atoms with E-state index in [4.69, 9.17) is 60.6 Å². The Bertz CT molecular complexity index is 5320. The minimum absolute atomic E-state index is 0.139. The lowest BCUT2D eigenvalue weighted by molar-refractivity contribution is -0.385. The van der Waals surface area contributed by atoms with Crippen molar-refractivity contribution < 1.29 is 64.4 Å². The Morgan fingerprint density at radius 2 is 0.813 bits per heavy atom. The number of phenolic OH excluding ortho intramolecular Hbond substituents is 4. The van der Waals surface area contributed by atoms with Crippen LogP contribution >= 0.6 is 24.4 Å². The van der Waals surface area contributed by atoms with Crippen LogP contribution in [0.25, 0.3) is 42.8 Å². The molecule has 15 aromatic rings. The molecule has 8 N–H and O–H groups in total. The van der Waals surface area contributed by atoms with Gasteiger partial charge in [-0.15, -0.1) is 24.4 Å². The molecule has 0 fully saturated rings. The quantitative estimate of drug-likeness (QED) is 0.0147. The highest BCUT2D eigenvalue weighted by molar-refractivity contribution is 7.98. The van der Waals surface area contributed by atoms with Crippen LogP contribution in [0.5, 0.6) is 40.2 Å². The predicted octanol–water partition coefficient (Wildman–Crippen LogP) is 26.3. The van der Waals surface area contributed by atoms with E-state index >= 15 is 0 Å². The van der Waals surface area contributed by atoms with Crippen molar-refractivity contribution >= 4 is 68.1 Å². The summed E-state index contributed by atoms with van der Waals surface area (Å²) in [5.41, 5.74) is 23.4. The Kier molecular flexibility index (Phi) is 52.7. The maximum atomic E-state index is 12.3. The van der Waals surface area contributed by atoms with E-state index in [9.17, 15) is 14.5 Å². The number of rotatable bonds is 5. The van der Waals surface area contributed by atoms with Gasteiger partial charge in [-0.05, 0) is 239 Å². The van der Waals surface area contributed by atoms with Gasteiger partial charge < -0.3 is 55.1 Å². The molecule has 0 unspecified atom stereocenters. The molecule has 15 aromatic carbocycles. The minimum atomic E-state index is -0.609. The third-order valence-corrected chi connectivity index (χ3v) is 18.0. The zero-order valence-electron chi connectivity index (χ0n) is 73.2. The summed E-state index contributed by atoms with van der Waals surface area (Å²) in [5, 5.41) is 86.7. The first-order chi connectivity index (χ1) is 59.1. The van der Waals surface area contributed by atoms with Gasteiger partial charge in [0.1, 0.15) is 5.75 Å². The molecule has 0 spiro atoms. The second kappa shape index (κ2) is 61.2. The van der Waals surface area contributed by atoms with Gasteiger partial charge in [-0.1, -0.05) is 281 Å². The number of aryl methyl sites for hydroxylation is 12. The summed E-state index contributed by atoms with van der Waals surface area (Å²) in [6, 6.07) is 103. The minimum Gasteiger partial charge on any atom is -0.508 e.